The number of ketones is 1. The Hall–Kier alpha value is -2.26. The molecule has 1 spiro atoms. The minimum absolute atomic E-state index is 0.0672. The number of aryl methyl sites for hydroxylation is 1. The van der Waals surface area contributed by atoms with Crippen molar-refractivity contribution in [2.75, 3.05) is 39.8 Å². The quantitative estimate of drug-likeness (QED) is 0.493. The summed E-state index contributed by atoms with van der Waals surface area (Å²) in [4.78, 5) is 34.7. The molecule has 0 aromatic heterocycles. The number of Topliss-reactive ketones (excluding diaryl/α,β-unsaturated/α-hetero) is 1. The fourth-order valence-electron chi connectivity index (χ4n) is 7.66. The highest BCUT2D eigenvalue weighted by atomic mass is 32.2. The molecule has 6 unspecified atom stereocenters. The average molecular weight is 579 g/mol. The molecule has 7 atom stereocenters. The maximum Gasteiger partial charge on any atom is 0.246 e. The Balaban J connectivity index is 1.24. The fraction of sp³-hybridized carbons (Fsp3) is 0.645. The number of hydrogen-bond donors (Lipinski definition) is 2. The van der Waals surface area contributed by atoms with Gasteiger partial charge in [0.15, 0.2) is 12.1 Å². The number of fused-ring (bicyclic) bond motifs is 2. The third kappa shape index (κ3) is 5.49. The summed E-state index contributed by atoms with van der Waals surface area (Å²) in [6.07, 6.45) is 5.87. The molecule has 1 aromatic carbocycles. The van der Waals surface area contributed by atoms with Gasteiger partial charge < -0.3 is 14.5 Å². The topological polar surface area (TPSA) is 101 Å². The summed E-state index contributed by atoms with van der Waals surface area (Å²) in [5.74, 6) is 0.211. The van der Waals surface area contributed by atoms with Crippen LogP contribution in [0.4, 0.5) is 0 Å². The zero-order valence-electron chi connectivity index (χ0n) is 24.2. The van der Waals surface area contributed by atoms with Crippen molar-refractivity contribution in [3.8, 4) is 6.07 Å². The first-order chi connectivity index (χ1) is 19.8. The molecule has 41 heavy (non-hydrogen) atoms. The van der Waals surface area contributed by atoms with Gasteiger partial charge in [-0.1, -0.05) is 24.3 Å². The molecule has 9 nitrogen and oxygen atoms in total. The van der Waals surface area contributed by atoms with E-state index in [4.69, 9.17) is 4.74 Å². The van der Waals surface area contributed by atoms with E-state index in [-0.39, 0.29) is 42.3 Å². The Morgan fingerprint density at radius 3 is 2.88 bits per heavy atom. The normalized spacial score (nSPS) is 35.7. The number of ether oxygens (including phenoxy) is 1. The molecule has 6 rings (SSSR count). The summed E-state index contributed by atoms with van der Waals surface area (Å²) in [6, 6.07) is 8.65. The number of nitrogens with zero attached hydrogens (tertiary/aromatic N) is 4. The fourth-order valence-corrected chi connectivity index (χ4v) is 9.16. The Bertz CT molecular complexity index is 1240. The molecule has 1 aliphatic carbocycles. The molecule has 0 radical (unpaired) electrons. The van der Waals surface area contributed by atoms with E-state index in [2.05, 4.69) is 65.3 Å². The molecule has 0 bridgehead atoms. The predicted octanol–water partition coefficient (Wildman–Crippen LogP) is 2.26. The van der Waals surface area contributed by atoms with Gasteiger partial charge in [-0.05, 0) is 70.3 Å². The van der Waals surface area contributed by atoms with E-state index in [0.717, 1.165) is 32.2 Å². The number of carbonyl (C=O) groups is 2. The number of thioether (sulfide) groups is 1. The van der Waals surface area contributed by atoms with Crippen LogP contribution in [0, 0.1) is 24.2 Å². The zero-order valence-corrected chi connectivity index (χ0v) is 25.0. The third-order valence-corrected chi connectivity index (χ3v) is 11.5. The molecule has 1 saturated carbocycles. The predicted molar refractivity (Wildman–Crippen MR) is 158 cm³/mol. The number of nitrogens with one attached hydrogen (secondary N) is 2. The molecule has 4 heterocycles. The molecule has 4 fully saturated rings. The highest BCUT2D eigenvalue weighted by Gasteiger charge is 2.56. The van der Waals surface area contributed by atoms with Crippen molar-refractivity contribution in [2.24, 2.45) is 5.92 Å². The maximum absolute atomic E-state index is 14.5. The lowest BCUT2D eigenvalue weighted by Crippen LogP contribution is -2.75. The van der Waals surface area contributed by atoms with Gasteiger partial charge in [-0.3, -0.25) is 25.1 Å². The molecule has 5 aliphatic rings. The standard InChI is InChI=1S/C31H42N6O3S/c1-4-26(38)37-15-14-36(18-22(37)10-12-32)29-24-9-11-31(17-21-16-20(2)7-8-25(21)41-31)28(39)27(24)33-30(34-29)40-19-23-6-5-13-35(23)3/h4,7-8,16,22-24,27,29-30,33-34H,1,5-6,9-11,13-15,17-19H2,2-3H3/t22?,23?,24?,27?,29?,30?,31-/m0/s1. The van der Waals surface area contributed by atoms with Gasteiger partial charge in [0.05, 0.1) is 42.1 Å². The molecule has 1 amide bonds. The number of nitriles is 1. The molecule has 4 aliphatic heterocycles. The molecule has 1 aromatic rings. The van der Waals surface area contributed by atoms with Gasteiger partial charge in [0.1, 0.15) is 0 Å². The van der Waals surface area contributed by atoms with E-state index in [1.807, 2.05) is 0 Å². The van der Waals surface area contributed by atoms with E-state index in [1.54, 1.807) is 16.7 Å². The number of carbonyl (C=O) groups excluding carboxylic acids is 2. The SMILES string of the molecule is C=CC(=O)N1CCN(C2NC(OCC3CCCN3C)NC3C(=O)[C@]4(CCC32)Cc2cc(C)ccc2S4)CC1CC#N. The van der Waals surface area contributed by atoms with Gasteiger partial charge >= 0.3 is 0 Å². The van der Waals surface area contributed by atoms with E-state index in [0.29, 0.717) is 32.3 Å². The van der Waals surface area contributed by atoms with Crippen molar-refractivity contribution in [3.05, 3.63) is 42.0 Å². The van der Waals surface area contributed by atoms with Gasteiger partial charge in [-0.25, -0.2) is 0 Å². The van der Waals surface area contributed by atoms with E-state index < -0.39 is 11.1 Å². The number of benzene rings is 1. The Labute approximate surface area is 247 Å². The number of likely N-dealkylation sites (N-methyl/N-ethyl adjacent to an activating group) is 1. The van der Waals surface area contributed by atoms with Crippen LogP contribution in [0.15, 0.2) is 35.7 Å². The summed E-state index contributed by atoms with van der Waals surface area (Å²) in [5.41, 5.74) is 2.51. The summed E-state index contributed by atoms with van der Waals surface area (Å²) in [6.45, 7) is 9.22. The van der Waals surface area contributed by atoms with Crippen molar-refractivity contribution < 1.29 is 14.3 Å². The second kappa shape index (κ2) is 11.8. The van der Waals surface area contributed by atoms with Crippen molar-refractivity contribution in [3.63, 3.8) is 0 Å². The molecule has 3 saturated heterocycles. The average Bonchev–Trinajstić information content (AvgIpc) is 3.56. The van der Waals surface area contributed by atoms with Gasteiger partial charge in [-0.2, -0.15) is 5.26 Å². The summed E-state index contributed by atoms with van der Waals surface area (Å²) in [5, 5.41) is 16.8. The maximum atomic E-state index is 14.5. The first-order valence-corrected chi connectivity index (χ1v) is 15.8. The summed E-state index contributed by atoms with van der Waals surface area (Å²) < 4.78 is 6.01. The second-order valence-electron chi connectivity index (χ2n) is 12.4. The lowest BCUT2D eigenvalue weighted by atomic mass is 9.72. The lowest BCUT2D eigenvalue weighted by Gasteiger charge is -2.54. The molecular formula is C31H42N6O3S. The number of piperazine rings is 1. The van der Waals surface area contributed by atoms with E-state index >= 15 is 0 Å². The van der Waals surface area contributed by atoms with Crippen LogP contribution >= 0.6 is 11.8 Å². The third-order valence-electron chi connectivity index (χ3n) is 9.92. The van der Waals surface area contributed by atoms with E-state index in [1.165, 1.54) is 28.5 Å². The Kier molecular flexibility index (Phi) is 8.29. The first-order valence-electron chi connectivity index (χ1n) is 15.0. The van der Waals surface area contributed by atoms with Gasteiger partial charge in [-0.15, -0.1) is 11.8 Å². The van der Waals surface area contributed by atoms with Crippen molar-refractivity contribution in [1.29, 1.82) is 5.26 Å². The molecule has 220 valence electrons. The first kappa shape index (κ1) is 28.8. The lowest BCUT2D eigenvalue weighted by molar-refractivity contribution is -0.144. The monoisotopic (exact) mass is 578 g/mol. The van der Waals surface area contributed by atoms with Crippen LogP contribution in [-0.4, -0.2) is 102 Å². The van der Waals surface area contributed by atoms with Crippen LogP contribution < -0.4 is 10.6 Å². The Morgan fingerprint density at radius 1 is 1.27 bits per heavy atom. The minimum Gasteiger partial charge on any atom is -0.348 e. The Morgan fingerprint density at radius 2 is 2.12 bits per heavy atom. The molecule has 10 heteroatoms. The highest BCUT2D eigenvalue weighted by Crippen LogP contribution is 2.53. The van der Waals surface area contributed by atoms with Crippen LogP contribution in [0.2, 0.25) is 0 Å². The molecular weight excluding hydrogens is 536 g/mol. The number of hydrogen-bond acceptors (Lipinski definition) is 9. The van der Waals surface area contributed by atoms with Crippen LogP contribution in [0.25, 0.3) is 0 Å². The van der Waals surface area contributed by atoms with Crippen LogP contribution in [0.1, 0.15) is 43.2 Å². The van der Waals surface area contributed by atoms with Crippen LogP contribution in [-0.2, 0) is 20.7 Å². The minimum atomic E-state index is -0.451. The zero-order chi connectivity index (χ0) is 28.7. The van der Waals surface area contributed by atoms with Crippen molar-refractivity contribution >= 4 is 23.5 Å². The van der Waals surface area contributed by atoms with Crippen LogP contribution in [0.5, 0.6) is 0 Å². The largest absolute Gasteiger partial charge is 0.348 e. The molecule has 2 N–H and O–H groups in total. The van der Waals surface area contributed by atoms with E-state index in [9.17, 15) is 14.9 Å². The van der Waals surface area contributed by atoms with Gasteiger partial charge in [0.2, 0.25) is 5.91 Å². The smallest absolute Gasteiger partial charge is 0.246 e. The van der Waals surface area contributed by atoms with Crippen molar-refractivity contribution in [2.45, 2.75) is 85.7 Å². The number of likely N-dealkylation sites (tertiary alicyclic amines) is 1. The van der Waals surface area contributed by atoms with Crippen LogP contribution in [0.3, 0.4) is 0 Å². The van der Waals surface area contributed by atoms with Gasteiger partial charge in [0.25, 0.3) is 0 Å². The number of amides is 1. The number of rotatable bonds is 6. The van der Waals surface area contributed by atoms with Crippen molar-refractivity contribution in [1.82, 2.24) is 25.3 Å². The summed E-state index contributed by atoms with van der Waals surface area (Å²) >= 11 is 1.76. The summed E-state index contributed by atoms with van der Waals surface area (Å²) in [7, 11) is 2.14. The van der Waals surface area contributed by atoms with Gasteiger partial charge in [0, 0.05) is 36.5 Å². The highest BCUT2D eigenvalue weighted by molar-refractivity contribution is 8.01. The second-order valence-corrected chi connectivity index (χ2v) is 13.9.